The van der Waals surface area contributed by atoms with Crippen LogP contribution in [0.15, 0.2) is 54.9 Å². The maximum absolute atomic E-state index is 13.5. The molecular formula is C30H33N5O6. The maximum Gasteiger partial charge on any atom is 0.414 e. The Hall–Kier alpha value is -4.54. The van der Waals surface area contributed by atoms with Crippen molar-refractivity contribution < 1.29 is 28.6 Å². The SMILES string of the molecule is COc1cc(OC2CCN(C(=O)c3ncc[nH]3)CC2)ccc1C(=O)N1CCC(N2C(=O)OCc3ccccc32)CC1. The van der Waals surface area contributed by atoms with E-state index in [0.29, 0.717) is 74.7 Å². The van der Waals surface area contributed by atoms with Gasteiger partial charge < -0.3 is 29.0 Å². The van der Waals surface area contributed by atoms with Crippen molar-refractivity contribution in [2.45, 2.75) is 44.4 Å². The van der Waals surface area contributed by atoms with Crippen molar-refractivity contribution in [3.05, 3.63) is 71.8 Å². The molecule has 1 N–H and O–H groups in total. The van der Waals surface area contributed by atoms with E-state index in [2.05, 4.69) is 9.97 Å². The zero-order valence-electron chi connectivity index (χ0n) is 23.0. The second-order valence-corrected chi connectivity index (χ2v) is 10.5. The summed E-state index contributed by atoms with van der Waals surface area (Å²) in [6.07, 6.45) is 5.52. The number of carbonyl (C=O) groups excluding carboxylic acids is 3. The second-order valence-electron chi connectivity index (χ2n) is 10.5. The molecule has 1 aromatic heterocycles. The number of cyclic esters (lactones) is 1. The Kier molecular flexibility index (Phi) is 7.49. The Morgan fingerprint density at radius 1 is 0.976 bits per heavy atom. The van der Waals surface area contributed by atoms with E-state index in [1.165, 1.54) is 0 Å². The third kappa shape index (κ3) is 5.44. The summed E-state index contributed by atoms with van der Waals surface area (Å²) >= 11 is 0. The molecule has 41 heavy (non-hydrogen) atoms. The number of likely N-dealkylation sites (tertiary alicyclic amines) is 2. The first kappa shape index (κ1) is 26.7. The number of imidazole rings is 1. The van der Waals surface area contributed by atoms with Gasteiger partial charge in [0.15, 0.2) is 5.82 Å². The highest BCUT2D eigenvalue weighted by molar-refractivity contribution is 5.97. The van der Waals surface area contributed by atoms with Crippen LogP contribution in [-0.2, 0) is 11.3 Å². The highest BCUT2D eigenvalue weighted by Crippen LogP contribution is 2.33. The minimum absolute atomic E-state index is 0.0357. The van der Waals surface area contributed by atoms with Crippen LogP contribution in [0.5, 0.6) is 11.5 Å². The average Bonchev–Trinajstić information content (AvgIpc) is 3.56. The lowest BCUT2D eigenvalue weighted by atomic mass is 10.00. The lowest BCUT2D eigenvalue weighted by Gasteiger charge is -2.40. The molecule has 3 aliphatic rings. The Morgan fingerprint density at radius 2 is 1.71 bits per heavy atom. The summed E-state index contributed by atoms with van der Waals surface area (Å²) in [5, 5.41) is 0. The molecule has 4 heterocycles. The molecule has 3 aliphatic heterocycles. The molecule has 0 atom stereocenters. The van der Waals surface area contributed by atoms with Gasteiger partial charge in [-0.15, -0.1) is 0 Å². The molecule has 2 aromatic carbocycles. The molecule has 11 heteroatoms. The van der Waals surface area contributed by atoms with E-state index in [1.54, 1.807) is 47.5 Å². The Bertz CT molecular complexity index is 1410. The molecule has 3 aromatic rings. The van der Waals surface area contributed by atoms with Crippen molar-refractivity contribution in [1.82, 2.24) is 19.8 Å². The number of para-hydroxylation sites is 1. The predicted molar refractivity (Wildman–Crippen MR) is 149 cm³/mol. The predicted octanol–water partition coefficient (Wildman–Crippen LogP) is 3.86. The van der Waals surface area contributed by atoms with Gasteiger partial charge in [-0.1, -0.05) is 18.2 Å². The van der Waals surface area contributed by atoms with Crippen molar-refractivity contribution in [3.63, 3.8) is 0 Å². The first-order valence-electron chi connectivity index (χ1n) is 14.0. The molecule has 0 radical (unpaired) electrons. The van der Waals surface area contributed by atoms with Gasteiger partial charge in [-0.25, -0.2) is 9.78 Å². The fourth-order valence-electron chi connectivity index (χ4n) is 5.84. The number of benzene rings is 2. The summed E-state index contributed by atoms with van der Waals surface area (Å²) < 4.78 is 17.2. The quantitative estimate of drug-likeness (QED) is 0.487. The molecule has 6 rings (SSSR count). The van der Waals surface area contributed by atoms with Crippen LogP contribution in [0.25, 0.3) is 0 Å². The lowest BCUT2D eigenvalue weighted by Crippen LogP contribution is -2.50. The molecule has 0 spiro atoms. The molecule has 0 aliphatic carbocycles. The van der Waals surface area contributed by atoms with Gasteiger partial charge in [0.2, 0.25) is 0 Å². The van der Waals surface area contributed by atoms with Crippen molar-refractivity contribution in [2.24, 2.45) is 0 Å². The van der Waals surface area contributed by atoms with E-state index >= 15 is 0 Å². The van der Waals surface area contributed by atoms with Crippen LogP contribution in [-0.4, -0.2) is 83.1 Å². The van der Waals surface area contributed by atoms with Gasteiger partial charge in [-0.05, 0) is 31.0 Å². The number of anilines is 1. The largest absolute Gasteiger partial charge is 0.496 e. The van der Waals surface area contributed by atoms with E-state index in [0.717, 1.165) is 11.3 Å². The molecule has 2 saturated heterocycles. The summed E-state index contributed by atoms with van der Waals surface area (Å²) in [6.45, 7) is 2.48. The van der Waals surface area contributed by atoms with Crippen molar-refractivity contribution in [3.8, 4) is 11.5 Å². The molecule has 214 valence electrons. The Balaban J connectivity index is 1.05. The van der Waals surface area contributed by atoms with Gasteiger partial charge in [0.1, 0.15) is 24.2 Å². The van der Waals surface area contributed by atoms with Crippen LogP contribution in [0.2, 0.25) is 0 Å². The van der Waals surface area contributed by atoms with E-state index in [-0.39, 0.29) is 36.7 Å². The topological polar surface area (TPSA) is 117 Å². The van der Waals surface area contributed by atoms with Crippen LogP contribution < -0.4 is 14.4 Å². The number of carbonyl (C=O) groups is 3. The first-order valence-corrected chi connectivity index (χ1v) is 14.0. The van der Waals surface area contributed by atoms with E-state index in [4.69, 9.17) is 14.2 Å². The van der Waals surface area contributed by atoms with E-state index in [9.17, 15) is 14.4 Å². The van der Waals surface area contributed by atoms with Crippen LogP contribution in [0, 0.1) is 0 Å². The van der Waals surface area contributed by atoms with Crippen LogP contribution in [0.4, 0.5) is 10.5 Å². The number of hydrogen-bond acceptors (Lipinski definition) is 7. The van der Waals surface area contributed by atoms with Gasteiger partial charge >= 0.3 is 6.09 Å². The Morgan fingerprint density at radius 3 is 2.44 bits per heavy atom. The second kappa shape index (κ2) is 11.5. The van der Waals surface area contributed by atoms with Crippen LogP contribution >= 0.6 is 0 Å². The highest BCUT2D eigenvalue weighted by atomic mass is 16.6. The van der Waals surface area contributed by atoms with Crippen LogP contribution in [0.3, 0.4) is 0 Å². The third-order valence-electron chi connectivity index (χ3n) is 8.05. The number of aromatic nitrogens is 2. The maximum atomic E-state index is 13.5. The smallest absolute Gasteiger partial charge is 0.414 e. The number of hydrogen-bond donors (Lipinski definition) is 1. The first-order chi connectivity index (χ1) is 20.0. The van der Waals surface area contributed by atoms with Gasteiger partial charge in [0.25, 0.3) is 11.8 Å². The van der Waals surface area contributed by atoms with Gasteiger partial charge in [-0.3, -0.25) is 14.5 Å². The molecule has 0 bridgehead atoms. The number of piperidine rings is 2. The van der Waals surface area contributed by atoms with Gasteiger partial charge in [-0.2, -0.15) is 0 Å². The molecule has 0 saturated carbocycles. The number of nitrogens with one attached hydrogen (secondary N) is 1. The zero-order chi connectivity index (χ0) is 28.3. The summed E-state index contributed by atoms with van der Waals surface area (Å²) in [6, 6.07) is 13.0. The van der Waals surface area contributed by atoms with Crippen LogP contribution in [0.1, 0.15) is 52.2 Å². The van der Waals surface area contributed by atoms with Gasteiger partial charge in [0.05, 0.1) is 18.4 Å². The molecule has 3 amide bonds. The summed E-state index contributed by atoms with van der Waals surface area (Å²) in [7, 11) is 1.54. The number of fused-ring (bicyclic) bond motifs is 1. The number of aromatic amines is 1. The molecule has 2 fully saturated rings. The van der Waals surface area contributed by atoms with Gasteiger partial charge in [0, 0.05) is 69.1 Å². The molecular weight excluding hydrogens is 526 g/mol. The minimum atomic E-state index is -0.333. The number of amides is 3. The highest BCUT2D eigenvalue weighted by Gasteiger charge is 2.35. The Labute approximate surface area is 238 Å². The summed E-state index contributed by atoms with van der Waals surface area (Å²) in [5.74, 6) is 1.20. The lowest BCUT2D eigenvalue weighted by molar-refractivity contribution is 0.0585. The van der Waals surface area contributed by atoms with Crippen molar-refractivity contribution in [1.29, 1.82) is 0 Å². The molecule has 11 nitrogen and oxygen atoms in total. The van der Waals surface area contributed by atoms with E-state index in [1.807, 2.05) is 29.2 Å². The number of rotatable bonds is 6. The normalized spacial score (nSPS) is 18.1. The average molecular weight is 560 g/mol. The number of methoxy groups -OCH3 is 1. The molecule has 0 unspecified atom stereocenters. The number of H-pyrrole nitrogens is 1. The van der Waals surface area contributed by atoms with Crippen molar-refractivity contribution in [2.75, 3.05) is 38.2 Å². The fourth-order valence-corrected chi connectivity index (χ4v) is 5.84. The monoisotopic (exact) mass is 559 g/mol. The summed E-state index contributed by atoms with van der Waals surface area (Å²) in [4.78, 5) is 50.8. The van der Waals surface area contributed by atoms with Crippen molar-refractivity contribution >= 4 is 23.6 Å². The summed E-state index contributed by atoms with van der Waals surface area (Å²) in [5.41, 5.74) is 2.35. The zero-order valence-corrected chi connectivity index (χ0v) is 23.0. The number of ether oxygens (including phenoxy) is 3. The number of nitrogens with zero attached hydrogens (tertiary/aromatic N) is 4. The third-order valence-corrected chi connectivity index (χ3v) is 8.05. The van der Waals surface area contributed by atoms with E-state index < -0.39 is 0 Å². The fraction of sp³-hybridized carbons (Fsp3) is 0.400. The standard InChI is InChI=1S/C30H33N5O6/c1-39-26-18-23(41-22-10-16-34(17-11-22)29(37)27-31-12-13-32-27)6-7-24(26)28(36)33-14-8-21(9-15-33)35-25-5-3-2-4-20(25)19-40-30(35)38/h2-7,12-13,18,21-22H,8-11,14-17,19H2,1H3,(H,31,32). The minimum Gasteiger partial charge on any atom is -0.496 e.